The molecule has 0 aromatic rings. The highest BCUT2D eigenvalue weighted by Crippen LogP contribution is 2.68. The molecule has 0 saturated heterocycles. The van der Waals surface area contributed by atoms with Gasteiger partial charge in [-0.25, -0.2) is 0 Å². The van der Waals surface area contributed by atoms with E-state index in [-0.39, 0.29) is 54.2 Å². The summed E-state index contributed by atoms with van der Waals surface area (Å²) in [4.78, 5) is 0. The summed E-state index contributed by atoms with van der Waals surface area (Å²) in [5.41, 5.74) is -0.0228. The van der Waals surface area contributed by atoms with Crippen molar-refractivity contribution in [3.05, 3.63) is 0 Å². The summed E-state index contributed by atoms with van der Waals surface area (Å²) >= 11 is 0. The summed E-state index contributed by atoms with van der Waals surface area (Å²) in [5, 5.41) is 52.0. The van der Waals surface area contributed by atoms with E-state index in [1.165, 1.54) is 0 Å². The third-order valence-corrected chi connectivity index (χ3v) is 11.3. The lowest BCUT2D eigenvalue weighted by Gasteiger charge is -2.63. The molecule has 4 saturated carbocycles. The van der Waals surface area contributed by atoms with Gasteiger partial charge in [0.25, 0.3) is 0 Å². The summed E-state index contributed by atoms with van der Waals surface area (Å²) in [6.45, 7) is 7.11. The average molecular weight is 453 g/mol. The zero-order chi connectivity index (χ0) is 23.3. The molecule has 5 N–H and O–H groups in total. The molecule has 0 bridgehead atoms. The van der Waals surface area contributed by atoms with E-state index in [0.29, 0.717) is 29.6 Å². The highest BCUT2D eigenvalue weighted by atomic mass is 16.3. The quantitative estimate of drug-likeness (QED) is 0.408. The van der Waals surface area contributed by atoms with E-state index in [9.17, 15) is 25.5 Å². The van der Waals surface area contributed by atoms with Crippen molar-refractivity contribution >= 4 is 0 Å². The maximum atomic E-state index is 11.6. The standard InChI is InChI=1S/C27H48O5/c1-16(5-4-6-17(14-28)15-29)20-7-8-21-25-22(13-24(32)27(20,21)3)26(2)10-9-19(30)11-18(26)12-23(25)31/h16-25,28-32H,4-15H2,1-3H3/t16-,18-,19-,20-,21+,22+,23-,24+,25-,26+,27-/m1/s1. The highest BCUT2D eigenvalue weighted by Gasteiger charge is 2.65. The number of aliphatic hydroxyl groups excluding tert-OH is 5. The van der Waals surface area contributed by atoms with E-state index < -0.39 is 0 Å². The fourth-order valence-electron chi connectivity index (χ4n) is 9.30. The number of aliphatic hydroxyl groups is 5. The summed E-state index contributed by atoms with van der Waals surface area (Å²) in [6.07, 6.45) is 8.51. The molecule has 4 rings (SSSR count). The largest absolute Gasteiger partial charge is 0.396 e. The number of hydrogen-bond donors (Lipinski definition) is 5. The van der Waals surface area contributed by atoms with E-state index in [0.717, 1.165) is 64.2 Å². The van der Waals surface area contributed by atoms with E-state index >= 15 is 0 Å². The van der Waals surface area contributed by atoms with Gasteiger partial charge in [-0.3, -0.25) is 0 Å². The Morgan fingerprint density at radius 1 is 0.875 bits per heavy atom. The Morgan fingerprint density at radius 2 is 1.59 bits per heavy atom. The third-order valence-electron chi connectivity index (χ3n) is 11.3. The Morgan fingerprint density at radius 3 is 2.28 bits per heavy atom. The predicted molar refractivity (Wildman–Crippen MR) is 125 cm³/mol. The van der Waals surface area contributed by atoms with Crippen molar-refractivity contribution in [3.8, 4) is 0 Å². The molecule has 0 heterocycles. The molecule has 4 aliphatic rings. The fraction of sp³-hybridized carbons (Fsp3) is 1.00. The van der Waals surface area contributed by atoms with E-state index in [2.05, 4.69) is 20.8 Å². The molecule has 0 unspecified atom stereocenters. The second-order valence-corrected chi connectivity index (χ2v) is 12.7. The minimum Gasteiger partial charge on any atom is -0.396 e. The lowest BCUT2D eigenvalue weighted by molar-refractivity contribution is -0.207. The van der Waals surface area contributed by atoms with Crippen LogP contribution in [0.1, 0.15) is 85.0 Å². The SMILES string of the molecule is C[C@H](CCCC(CO)CO)[C@H]1CC[C@H]2[C@H]3[C@H](O)C[C@H]4C[C@H](O)CC[C@]4(C)[C@H]3C[C@H](O)[C@]12C. The smallest absolute Gasteiger partial charge is 0.0602 e. The lowest BCUT2D eigenvalue weighted by atomic mass is 9.43. The molecule has 11 atom stereocenters. The van der Waals surface area contributed by atoms with Crippen molar-refractivity contribution in [1.29, 1.82) is 0 Å². The van der Waals surface area contributed by atoms with Gasteiger partial charge in [0.05, 0.1) is 18.3 Å². The van der Waals surface area contributed by atoms with Crippen LogP contribution >= 0.6 is 0 Å². The van der Waals surface area contributed by atoms with Gasteiger partial charge in [-0.1, -0.05) is 33.6 Å². The van der Waals surface area contributed by atoms with Crippen molar-refractivity contribution in [1.82, 2.24) is 0 Å². The minimum atomic E-state index is -0.332. The maximum absolute atomic E-state index is 11.6. The first-order chi connectivity index (χ1) is 15.2. The van der Waals surface area contributed by atoms with Gasteiger partial charge in [-0.15, -0.1) is 0 Å². The van der Waals surface area contributed by atoms with Gasteiger partial charge in [0, 0.05) is 19.1 Å². The second-order valence-electron chi connectivity index (χ2n) is 12.7. The van der Waals surface area contributed by atoms with E-state index in [4.69, 9.17) is 0 Å². The molecule has 0 aromatic carbocycles. The molecule has 0 spiro atoms. The zero-order valence-electron chi connectivity index (χ0n) is 20.5. The maximum Gasteiger partial charge on any atom is 0.0602 e. The Balaban J connectivity index is 1.50. The van der Waals surface area contributed by atoms with Gasteiger partial charge < -0.3 is 25.5 Å². The number of fused-ring (bicyclic) bond motifs is 5. The van der Waals surface area contributed by atoms with Crippen molar-refractivity contribution in [2.45, 2.75) is 103 Å². The Bertz CT molecular complexity index is 638. The third kappa shape index (κ3) is 3.98. The molecule has 4 fully saturated rings. The summed E-state index contributed by atoms with van der Waals surface area (Å²) in [6, 6.07) is 0. The topological polar surface area (TPSA) is 101 Å². The molecule has 0 aliphatic heterocycles. The molecule has 186 valence electrons. The number of rotatable bonds is 7. The van der Waals surface area contributed by atoms with Crippen LogP contribution in [-0.2, 0) is 0 Å². The minimum absolute atomic E-state index is 0.0183. The normalized spacial score (nSPS) is 49.4. The molecule has 32 heavy (non-hydrogen) atoms. The van der Waals surface area contributed by atoms with Crippen LogP contribution in [0.2, 0.25) is 0 Å². The van der Waals surface area contributed by atoms with E-state index in [1.807, 2.05) is 0 Å². The monoisotopic (exact) mass is 452 g/mol. The van der Waals surface area contributed by atoms with Gasteiger partial charge in [0.2, 0.25) is 0 Å². The molecule has 5 heteroatoms. The van der Waals surface area contributed by atoms with Crippen LogP contribution in [0.5, 0.6) is 0 Å². The van der Waals surface area contributed by atoms with Crippen LogP contribution in [0.15, 0.2) is 0 Å². The van der Waals surface area contributed by atoms with Crippen molar-refractivity contribution < 1.29 is 25.5 Å². The molecular weight excluding hydrogens is 404 g/mol. The Kier molecular flexibility index (Phi) is 7.36. The molecule has 4 aliphatic carbocycles. The first kappa shape index (κ1) is 24.9. The van der Waals surface area contributed by atoms with Gasteiger partial charge in [-0.2, -0.15) is 0 Å². The highest BCUT2D eigenvalue weighted by molar-refractivity contribution is 5.14. The van der Waals surface area contributed by atoms with Gasteiger partial charge in [0.1, 0.15) is 0 Å². The first-order valence-electron chi connectivity index (χ1n) is 13.4. The van der Waals surface area contributed by atoms with Crippen LogP contribution in [0.3, 0.4) is 0 Å². The predicted octanol–water partition coefficient (Wildman–Crippen LogP) is 3.36. The lowest BCUT2D eigenvalue weighted by Crippen LogP contribution is -2.62. The Labute approximate surface area is 194 Å². The molecular formula is C27H48O5. The molecule has 0 aromatic heterocycles. The first-order valence-corrected chi connectivity index (χ1v) is 13.4. The van der Waals surface area contributed by atoms with Crippen LogP contribution < -0.4 is 0 Å². The summed E-state index contributed by atoms with van der Waals surface area (Å²) < 4.78 is 0. The van der Waals surface area contributed by atoms with Gasteiger partial charge in [0.15, 0.2) is 0 Å². The molecule has 0 amide bonds. The summed E-state index contributed by atoms with van der Waals surface area (Å²) in [7, 11) is 0. The Hall–Kier alpha value is -0.200. The molecule has 0 radical (unpaired) electrons. The van der Waals surface area contributed by atoms with Crippen LogP contribution in [0.4, 0.5) is 0 Å². The van der Waals surface area contributed by atoms with E-state index in [1.54, 1.807) is 0 Å². The van der Waals surface area contributed by atoms with Crippen LogP contribution in [-0.4, -0.2) is 57.1 Å². The number of hydrogen-bond acceptors (Lipinski definition) is 5. The summed E-state index contributed by atoms with van der Waals surface area (Å²) in [5.74, 6) is 2.27. The van der Waals surface area contributed by atoms with Crippen molar-refractivity contribution in [2.24, 2.45) is 52.3 Å². The van der Waals surface area contributed by atoms with Crippen LogP contribution in [0.25, 0.3) is 0 Å². The average Bonchev–Trinajstić information content (AvgIpc) is 3.12. The zero-order valence-corrected chi connectivity index (χ0v) is 20.5. The molecule has 5 nitrogen and oxygen atoms in total. The van der Waals surface area contributed by atoms with Crippen molar-refractivity contribution in [3.63, 3.8) is 0 Å². The van der Waals surface area contributed by atoms with Gasteiger partial charge in [-0.05, 0) is 97.7 Å². The second kappa shape index (κ2) is 9.45. The van der Waals surface area contributed by atoms with Crippen molar-refractivity contribution in [2.75, 3.05) is 13.2 Å². The van der Waals surface area contributed by atoms with Gasteiger partial charge >= 0.3 is 0 Å². The fourth-order valence-corrected chi connectivity index (χ4v) is 9.30. The van der Waals surface area contributed by atoms with Crippen LogP contribution in [0, 0.1) is 52.3 Å².